The van der Waals surface area contributed by atoms with Crippen LogP contribution in [0.2, 0.25) is 0 Å². The lowest BCUT2D eigenvalue weighted by atomic mass is 9.93. The van der Waals surface area contributed by atoms with Crippen molar-refractivity contribution in [2.24, 2.45) is 5.92 Å². The van der Waals surface area contributed by atoms with Gasteiger partial charge >= 0.3 is 0 Å². The molecule has 0 aromatic heterocycles. The fourth-order valence-electron chi connectivity index (χ4n) is 4.95. The molecule has 216 valence electrons. The van der Waals surface area contributed by atoms with Crippen LogP contribution >= 0.6 is 0 Å². The summed E-state index contributed by atoms with van der Waals surface area (Å²) in [6.45, 7) is 7.04. The summed E-state index contributed by atoms with van der Waals surface area (Å²) < 4.78 is 10.4. The van der Waals surface area contributed by atoms with Crippen molar-refractivity contribution in [1.82, 2.24) is 5.32 Å². The van der Waals surface area contributed by atoms with Crippen molar-refractivity contribution in [3.8, 4) is 0 Å². The van der Waals surface area contributed by atoms with Crippen molar-refractivity contribution >= 4 is 5.91 Å². The largest absolute Gasteiger partial charge is 0.382 e. The van der Waals surface area contributed by atoms with Crippen molar-refractivity contribution in [1.29, 1.82) is 0 Å². The van der Waals surface area contributed by atoms with Crippen LogP contribution in [0.3, 0.4) is 0 Å². The van der Waals surface area contributed by atoms with Gasteiger partial charge in [-0.25, -0.2) is 0 Å². The number of rotatable bonds is 30. The number of methoxy groups -OCH3 is 1. The minimum Gasteiger partial charge on any atom is -0.382 e. The van der Waals surface area contributed by atoms with Gasteiger partial charge in [-0.1, -0.05) is 142 Å². The molecule has 0 aromatic rings. The minimum absolute atomic E-state index is 0.128. The van der Waals surface area contributed by atoms with Gasteiger partial charge in [0, 0.05) is 20.1 Å². The molecule has 0 spiro atoms. The number of hydrogen-bond acceptors (Lipinski definition) is 3. The maximum atomic E-state index is 12.2. The summed E-state index contributed by atoms with van der Waals surface area (Å²) >= 11 is 0. The zero-order valence-corrected chi connectivity index (χ0v) is 24.9. The van der Waals surface area contributed by atoms with E-state index in [1.807, 2.05) is 0 Å². The summed E-state index contributed by atoms with van der Waals surface area (Å²) in [6, 6.07) is 0. The van der Waals surface area contributed by atoms with Crippen LogP contribution in [0.4, 0.5) is 0 Å². The number of carbonyl (C=O) groups excluding carboxylic acids is 1. The smallest absolute Gasteiger partial charge is 0.222 e. The third-order valence-electron chi connectivity index (χ3n) is 7.43. The number of nitrogens with one attached hydrogen (secondary N) is 1. The second kappa shape index (κ2) is 30.6. The van der Waals surface area contributed by atoms with Crippen LogP contribution in [0.1, 0.15) is 162 Å². The second-order valence-electron chi connectivity index (χ2n) is 11.0. The first-order valence-electron chi connectivity index (χ1n) is 16.1. The molecule has 0 saturated carbocycles. The van der Waals surface area contributed by atoms with Gasteiger partial charge < -0.3 is 14.8 Å². The summed E-state index contributed by atoms with van der Waals surface area (Å²) in [5.74, 6) is 0.759. The number of ether oxygens (including phenoxy) is 2. The molecule has 0 aliphatic carbocycles. The lowest BCUT2D eigenvalue weighted by molar-refractivity contribution is -0.122. The van der Waals surface area contributed by atoms with Crippen molar-refractivity contribution in [2.45, 2.75) is 162 Å². The molecular formula is C32H65NO3. The average Bonchev–Trinajstić information content (AvgIpc) is 2.88. The number of carbonyl (C=O) groups is 1. The van der Waals surface area contributed by atoms with Crippen LogP contribution in [-0.2, 0) is 14.3 Å². The maximum absolute atomic E-state index is 12.2. The molecule has 0 aromatic carbocycles. The normalized spacial score (nSPS) is 11.4. The molecule has 0 heterocycles. The van der Waals surface area contributed by atoms with Crippen LogP contribution in [0.15, 0.2) is 0 Å². The highest BCUT2D eigenvalue weighted by Crippen LogP contribution is 2.19. The Labute approximate surface area is 226 Å². The summed E-state index contributed by atoms with van der Waals surface area (Å²) in [6.07, 6.45) is 30.7. The molecule has 0 radical (unpaired) electrons. The Hall–Kier alpha value is -0.610. The van der Waals surface area contributed by atoms with Crippen LogP contribution in [0.25, 0.3) is 0 Å². The molecule has 0 aliphatic heterocycles. The van der Waals surface area contributed by atoms with Gasteiger partial charge in [0.2, 0.25) is 5.91 Å². The van der Waals surface area contributed by atoms with Gasteiger partial charge in [-0.15, -0.1) is 0 Å². The highest BCUT2D eigenvalue weighted by Gasteiger charge is 2.11. The van der Waals surface area contributed by atoms with E-state index in [0.717, 1.165) is 6.54 Å². The molecule has 1 N–H and O–H groups in total. The van der Waals surface area contributed by atoms with Gasteiger partial charge in [-0.3, -0.25) is 4.79 Å². The first-order valence-corrected chi connectivity index (χ1v) is 16.1. The van der Waals surface area contributed by atoms with E-state index in [-0.39, 0.29) is 5.91 Å². The SMILES string of the molecule is CCCCCCCCCCCCC(CCCCCCCCCCCC)CNC(=O)CCOCCOC. The first kappa shape index (κ1) is 35.4. The minimum atomic E-state index is 0.128. The number of amides is 1. The lowest BCUT2D eigenvalue weighted by Crippen LogP contribution is -2.30. The Kier molecular flexibility index (Phi) is 30.1. The van der Waals surface area contributed by atoms with Gasteiger partial charge in [-0.2, -0.15) is 0 Å². The summed E-state index contributed by atoms with van der Waals surface area (Å²) in [4.78, 5) is 12.2. The molecule has 0 atom stereocenters. The summed E-state index contributed by atoms with van der Waals surface area (Å²) in [7, 11) is 1.67. The molecule has 0 rings (SSSR count). The van der Waals surface area contributed by atoms with Gasteiger partial charge in [0.15, 0.2) is 0 Å². The Bertz CT molecular complexity index is 406. The zero-order valence-electron chi connectivity index (χ0n) is 24.9. The molecule has 1 amide bonds. The molecular weight excluding hydrogens is 446 g/mol. The number of hydrogen-bond donors (Lipinski definition) is 1. The monoisotopic (exact) mass is 511 g/mol. The molecule has 0 aliphatic rings. The molecule has 0 fully saturated rings. The fraction of sp³-hybridized carbons (Fsp3) is 0.969. The van der Waals surface area contributed by atoms with Gasteiger partial charge in [0.05, 0.1) is 19.8 Å². The first-order chi connectivity index (χ1) is 17.7. The van der Waals surface area contributed by atoms with Crippen molar-refractivity contribution in [3.63, 3.8) is 0 Å². The van der Waals surface area contributed by atoms with Crippen LogP contribution < -0.4 is 5.32 Å². The molecule has 0 unspecified atom stereocenters. The molecule has 0 bridgehead atoms. The Morgan fingerprint density at radius 2 is 1.00 bits per heavy atom. The van der Waals surface area contributed by atoms with E-state index in [9.17, 15) is 4.79 Å². The topological polar surface area (TPSA) is 47.6 Å². The molecule has 4 heteroatoms. The van der Waals surface area contributed by atoms with Crippen LogP contribution in [0.5, 0.6) is 0 Å². The van der Waals surface area contributed by atoms with Gasteiger partial charge in [-0.05, 0) is 18.8 Å². The fourth-order valence-corrected chi connectivity index (χ4v) is 4.95. The van der Waals surface area contributed by atoms with Crippen molar-refractivity contribution in [2.75, 3.05) is 33.5 Å². The molecule has 0 saturated heterocycles. The van der Waals surface area contributed by atoms with E-state index in [1.165, 1.54) is 141 Å². The van der Waals surface area contributed by atoms with E-state index in [1.54, 1.807) is 7.11 Å². The summed E-state index contributed by atoms with van der Waals surface area (Å²) in [5.41, 5.74) is 0. The van der Waals surface area contributed by atoms with Crippen molar-refractivity contribution in [3.05, 3.63) is 0 Å². The Morgan fingerprint density at radius 1 is 0.583 bits per heavy atom. The van der Waals surface area contributed by atoms with E-state index < -0.39 is 0 Å². The van der Waals surface area contributed by atoms with Gasteiger partial charge in [0.1, 0.15) is 0 Å². The highest BCUT2D eigenvalue weighted by atomic mass is 16.5. The highest BCUT2D eigenvalue weighted by molar-refractivity contribution is 5.75. The van der Waals surface area contributed by atoms with E-state index in [4.69, 9.17) is 9.47 Å². The predicted octanol–water partition coefficient (Wildman–Crippen LogP) is 9.39. The zero-order chi connectivity index (χ0) is 26.4. The maximum Gasteiger partial charge on any atom is 0.222 e. The van der Waals surface area contributed by atoms with E-state index in [2.05, 4.69) is 19.2 Å². The Morgan fingerprint density at radius 3 is 1.42 bits per heavy atom. The molecule has 4 nitrogen and oxygen atoms in total. The van der Waals surface area contributed by atoms with Crippen LogP contribution in [-0.4, -0.2) is 39.4 Å². The third-order valence-corrected chi connectivity index (χ3v) is 7.43. The lowest BCUT2D eigenvalue weighted by Gasteiger charge is -2.18. The predicted molar refractivity (Wildman–Crippen MR) is 157 cm³/mol. The molecule has 36 heavy (non-hydrogen) atoms. The quantitative estimate of drug-likeness (QED) is 0.0977. The van der Waals surface area contributed by atoms with Crippen LogP contribution in [0, 0.1) is 5.92 Å². The Balaban J connectivity index is 4.00. The average molecular weight is 512 g/mol. The van der Waals surface area contributed by atoms with Gasteiger partial charge in [0.25, 0.3) is 0 Å². The van der Waals surface area contributed by atoms with Crippen molar-refractivity contribution < 1.29 is 14.3 Å². The standard InChI is InChI=1S/C32H65NO3/c1-4-6-8-10-12-14-16-18-20-22-24-31(30-33-32(34)26-27-36-29-28-35-3)25-23-21-19-17-15-13-11-9-7-5-2/h31H,4-30H2,1-3H3,(H,33,34). The van der Waals surface area contributed by atoms with E-state index >= 15 is 0 Å². The third kappa shape index (κ3) is 28.0. The number of unbranched alkanes of at least 4 members (excludes halogenated alkanes) is 18. The summed E-state index contributed by atoms with van der Waals surface area (Å²) in [5, 5.41) is 3.19. The van der Waals surface area contributed by atoms with E-state index in [0.29, 0.717) is 32.2 Å². The second-order valence-corrected chi connectivity index (χ2v) is 11.0.